The van der Waals surface area contributed by atoms with Crippen LogP contribution in [-0.2, 0) is 6.54 Å². The third-order valence-corrected chi connectivity index (χ3v) is 4.77. The van der Waals surface area contributed by atoms with Crippen molar-refractivity contribution in [2.24, 2.45) is 0 Å². The molecule has 1 aromatic carbocycles. The summed E-state index contributed by atoms with van der Waals surface area (Å²) in [5.74, 6) is 0. The zero-order valence-electron chi connectivity index (χ0n) is 12.1. The van der Waals surface area contributed by atoms with Gasteiger partial charge in [-0.25, -0.2) is 0 Å². The molecule has 0 spiro atoms. The van der Waals surface area contributed by atoms with Gasteiger partial charge in [0.1, 0.15) is 0 Å². The fourth-order valence-corrected chi connectivity index (χ4v) is 3.85. The predicted molar refractivity (Wildman–Crippen MR) is 89.2 cm³/mol. The molecule has 112 valence electrons. The van der Waals surface area contributed by atoms with Gasteiger partial charge in [-0.15, -0.1) is 0 Å². The summed E-state index contributed by atoms with van der Waals surface area (Å²) in [6.45, 7) is 2.39. The number of halogens is 1. The number of hydrogen-bond donors (Lipinski definition) is 1. The third kappa shape index (κ3) is 3.44. The van der Waals surface area contributed by atoms with Crippen LogP contribution in [0.25, 0.3) is 10.9 Å². The average molecular weight is 349 g/mol. The van der Waals surface area contributed by atoms with Crippen molar-refractivity contribution in [3.63, 3.8) is 0 Å². The first kappa shape index (κ1) is 14.9. The summed E-state index contributed by atoms with van der Waals surface area (Å²) >= 11 is 3.61. The lowest BCUT2D eigenvalue weighted by molar-refractivity contribution is 0.210. The molecule has 0 amide bonds. The lowest BCUT2D eigenvalue weighted by atomic mass is 10.1. The van der Waals surface area contributed by atoms with E-state index in [1.54, 1.807) is 0 Å². The molecule has 1 aliphatic rings. The summed E-state index contributed by atoms with van der Waals surface area (Å²) in [6, 6.07) is 9.02. The molecule has 3 nitrogen and oxygen atoms in total. The van der Waals surface area contributed by atoms with Crippen molar-refractivity contribution in [2.75, 3.05) is 13.2 Å². The summed E-state index contributed by atoms with van der Waals surface area (Å²) in [5, 5.41) is 10.2. The second kappa shape index (κ2) is 6.86. The highest BCUT2D eigenvalue weighted by Crippen LogP contribution is 2.28. The van der Waals surface area contributed by atoms with Crippen molar-refractivity contribution in [3.8, 4) is 0 Å². The Morgan fingerprint density at radius 1 is 1.38 bits per heavy atom. The maximum absolute atomic E-state index is 9.05. The van der Waals surface area contributed by atoms with E-state index >= 15 is 0 Å². The SMILES string of the molecule is OCCCC1CCCN1Cc1cc(Br)cc2cccnc12. The standard InChI is InChI=1S/C17H21BrN2O/c18-15-10-13-4-1-7-19-17(13)14(11-15)12-20-8-2-5-16(20)6-3-9-21/h1,4,7,10-11,16,21H,2-3,5-6,8-9,12H2. The number of likely N-dealkylation sites (tertiary alicyclic amines) is 1. The van der Waals surface area contributed by atoms with Gasteiger partial charge in [0.25, 0.3) is 0 Å². The average Bonchev–Trinajstić information content (AvgIpc) is 2.92. The highest BCUT2D eigenvalue weighted by molar-refractivity contribution is 9.10. The van der Waals surface area contributed by atoms with Gasteiger partial charge in [0.05, 0.1) is 5.52 Å². The number of pyridine rings is 1. The van der Waals surface area contributed by atoms with Gasteiger partial charge >= 0.3 is 0 Å². The highest BCUT2D eigenvalue weighted by Gasteiger charge is 2.24. The van der Waals surface area contributed by atoms with E-state index in [4.69, 9.17) is 5.11 Å². The van der Waals surface area contributed by atoms with Crippen molar-refractivity contribution >= 4 is 26.8 Å². The Hall–Kier alpha value is -0.970. The minimum absolute atomic E-state index is 0.297. The zero-order chi connectivity index (χ0) is 14.7. The minimum Gasteiger partial charge on any atom is -0.396 e. The number of rotatable bonds is 5. The normalized spacial score (nSPS) is 19.4. The van der Waals surface area contributed by atoms with Crippen LogP contribution >= 0.6 is 15.9 Å². The van der Waals surface area contributed by atoms with Gasteiger partial charge in [-0.05, 0) is 56.0 Å². The molecule has 2 aromatic rings. The molecule has 3 rings (SSSR count). The first-order chi connectivity index (χ1) is 10.3. The van der Waals surface area contributed by atoms with Crippen LogP contribution in [0.15, 0.2) is 34.9 Å². The Labute approximate surface area is 134 Å². The van der Waals surface area contributed by atoms with Crippen LogP contribution in [0.2, 0.25) is 0 Å². The monoisotopic (exact) mass is 348 g/mol. The van der Waals surface area contributed by atoms with Crippen LogP contribution in [-0.4, -0.2) is 34.2 Å². The molecule has 1 unspecified atom stereocenters. The van der Waals surface area contributed by atoms with E-state index in [9.17, 15) is 0 Å². The van der Waals surface area contributed by atoms with Crippen molar-refractivity contribution in [3.05, 3.63) is 40.5 Å². The van der Waals surface area contributed by atoms with Crippen molar-refractivity contribution in [1.82, 2.24) is 9.88 Å². The maximum Gasteiger partial charge on any atom is 0.0747 e. The maximum atomic E-state index is 9.05. The van der Waals surface area contributed by atoms with E-state index < -0.39 is 0 Å². The summed E-state index contributed by atoms with van der Waals surface area (Å²) < 4.78 is 1.11. The second-order valence-corrected chi connectivity index (χ2v) is 6.69. The number of hydrogen-bond acceptors (Lipinski definition) is 3. The largest absolute Gasteiger partial charge is 0.396 e. The Kier molecular flexibility index (Phi) is 4.88. The third-order valence-electron chi connectivity index (χ3n) is 4.32. The summed E-state index contributed by atoms with van der Waals surface area (Å²) in [5.41, 5.74) is 2.39. The Morgan fingerprint density at radius 3 is 3.14 bits per heavy atom. The molecule has 4 heteroatoms. The molecule has 0 bridgehead atoms. The van der Waals surface area contributed by atoms with Crippen molar-refractivity contribution in [2.45, 2.75) is 38.3 Å². The molecule has 1 aromatic heterocycles. The molecular formula is C17H21BrN2O. The van der Waals surface area contributed by atoms with Gasteiger partial charge in [0, 0.05) is 35.2 Å². The summed E-state index contributed by atoms with van der Waals surface area (Å²) in [6.07, 6.45) is 6.37. The van der Waals surface area contributed by atoms with Crippen LogP contribution in [0.1, 0.15) is 31.2 Å². The topological polar surface area (TPSA) is 36.4 Å². The number of aliphatic hydroxyl groups excluding tert-OH is 1. The van der Waals surface area contributed by atoms with Gasteiger partial charge in [0.15, 0.2) is 0 Å². The first-order valence-electron chi connectivity index (χ1n) is 7.66. The molecule has 1 aliphatic heterocycles. The van der Waals surface area contributed by atoms with E-state index in [0.29, 0.717) is 12.6 Å². The van der Waals surface area contributed by atoms with Crippen molar-refractivity contribution in [1.29, 1.82) is 0 Å². The molecular weight excluding hydrogens is 328 g/mol. The smallest absolute Gasteiger partial charge is 0.0747 e. The molecule has 0 saturated carbocycles. The van der Waals surface area contributed by atoms with Gasteiger partial charge in [-0.3, -0.25) is 9.88 Å². The minimum atomic E-state index is 0.297. The molecule has 1 N–H and O–H groups in total. The fraction of sp³-hybridized carbons (Fsp3) is 0.471. The molecule has 0 aliphatic carbocycles. The number of nitrogens with zero attached hydrogens (tertiary/aromatic N) is 2. The van der Waals surface area contributed by atoms with E-state index in [2.05, 4.69) is 44.0 Å². The van der Waals surface area contributed by atoms with Gasteiger partial charge in [0.2, 0.25) is 0 Å². The lowest BCUT2D eigenvalue weighted by Crippen LogP contribution is -2.29. The summed E-state index contributed by atoms with van der Waals surface area (Å²) in [4.78, 5) is 7.11. The van der Waals surface area contributed by atoms with Gasteiger partial charge in [-0.1, -0.05) is 22.0 Å². The Balaban J connectivity index is 1.84. The predicted octanol–water partition coefficient (Wildman–Crippen LogP) is 3.73. The molecule has 1 atom stereocenters. The second-order valence-electron chi connectivity index (χ2n) is 5.77. The van der Waals surface area contributed by atoms with E-state index in [-0.39, 0.29) is 0 Å². The number of aromatic nitrogens is 1. The van der Waals surface area contributed by atoms with Crippen molar-refractivity contribution < 1.29 is 5.11 Å². The number of aliphatic hydroxyl groups is 1. The molecule has 2 heterocycles. The Morgan fingerprint density at radius 2 is 2.29 bits per heavy atom. The fourth-order valence-electron chi connectivity index (χ4n) is 3.32. The first-order valence-corrected chi connectivity index (χ1v) is 8.45. The van der Waals surface area contributed by atoms with Crippen LogP contribution < -0.4 is 0 Å². The van der Waals surface area contributed by atoms with E-state index in [0.717, 1.165) is 35.9 Å². The van der Waals surface area contributed by atoms with E-state index in [1.807, 2.05) is 12.3 Å². The quantitative estimate of drug-likeness (QED) is 0.894. The summed E-state index contributed by atoms with van der Waals surface area (Å²) in [7, 11) is 0. The van der Waals surface area contributed by atoms with E-state index in [1.165, 1.54) is 23.8 Å². The Bertz CT molecular complexity index is 617. The molecule has 0 radical (unpaired) electrons. The number of fused-ring (bicyclic) bond motifs is 1. The van der Waals surface area contributed by atoms with Crippen LogP contribution in [0.3, 0.4) is 0 Å². The van der Waals surface area contributed by atoms with Gasteiger partial charge in [-0.2, -0.15) is 0 Å². The number of benzene rings is 1. The highest BCUT2D eigenvalue weighted by atomic mass is 79.9. The van der Waals surface area contributed by atoms with Gasteiger partial charge < -0.3 is 5.11 Å². The molecule has 1 saturated heterocycles. The zero-order valence-corrected chi connectivity index (χ0v) is 13.7. The van der Waals surface area contributed by atoms with Crippen LogP contribution in [0.5, 0.6) is 0 Å². The molecule has 1 fully saturated rings. The van der Waals surface area contributed by atoms with Crippen LogP contribution in [0, 0.1) is 0 Å². The molecule has 21 heavy (non-hydrogen) atoms. The van der Waals surface area contributed by atoms with Crippen LogP contribution in [0.4, 0.5) is 0 Å². The lowest BCUT2D eigenvalue weighted by Gasteiger charge is -2.25.